The summed E-state index contributed by atoms with van der Waals surface area (Å²) in [6.07, 6.45) is 10.2. The van der Waals surface area contributed by atoms with Crippen molar-refractivity contribution in [3.8, 4) is 0 Å². The van der Waals surface area contributed by atoms with Crippen molar-refractivity contribution in [2.45, 2.75) is 70.0 Å². The van der Waals surface area contributed by atoms with Gasteiger partial charge >= 0.3 is 0 Å². The number of fused-ring (bicyclic) bond motifs is 2. The lowest BCUT2D eigenvalue weighted by Crippen LogP contribution is -2.37. The SMILES string of the molecule is CN(C)c1nc(NC2CCC(NCc3coc4ccc(Cl)cc4c3=O)CC2)nc2c1CCCC2. The number of nitrogens with one attached hydrogen (secondary N) is 2. The van der Waals surface area contributed by atoms with Crippen LogP contribution in [0.2, 0.25) is 5.02 Å². The van der Waals surface area contributed by atoms with Gasteiger partial charge in [0.25, 0.3) is 0 Å². The minimum Gasteiger partial charge on any atom is -0.464 e. The monoisotopic (exact) mass is 481 g/mol. The van der Waals surface area contributed by atoms with E-state index in [2.05, 4.69) is 29.6 Å². The van der Waals surface area contributed by atoms with E-state index in [9.17, 15) is 4.79 Å². The number of halogens is 1. The van der Waals surface area contributed by atoms with E-state index >= 15 is 0 Å². The zero-order chi connectivity index (χ0) is 23.7. The number of benzene rings is 1. The summed E-state index contributed by atoms with van der Waals surface area (Å²) in [6, 6.07) is 5.87. The summed E-state index contributed by atoms with van der Waals surface area (Å²) in [5.74, 6) is 1.81. The first kappa shape index (κ1) is 23.1. The molecule has 180 valence electrons. The molecule has 1 fully saturated rings. The summed E-state index contributed by atoms with van der Waals surface area (Å²) in [5, 5.41) is 8.22. The molecule has 0 atom stereocenters. The summed E-state index contributed by atoms with van der Waals surface area (Å²) >= 11 is 6.06. The number of hydrogen-bond donors (Lipinski definition) is 2. The molecule has 0 aliphatic heterocycles. The van der Waals surface area contributed by atoms with Crippen LogP contribution in [0.25, 0.3) is 11.0 Å². The Bertz CT molecular complexity index is 1230. The molecular weight excluding hydrogens is 450 g/mol. The summed E-state index contributed by atoms with van der Waals surface area (Å²) in [7, 11) is 4.12. The van der Waals surface area contributed by atoms with Crippen LogP contribution in [0, 0.1) is 0 Å². The molecule has 34 heavy (non-hydrogen) atoms. The van der Waals surface area contributed by atoms with Crippen LogP contribution in [0.3, 0.4) is 0 Å². The molecule has 2 heterocycles. The normalized spacial score (nSPS) is 20.2. The Balaban J connectivity index is 1.18. The molecule has 3 aromatic rings. The molecule has 0 bridgehead atoms. The molecule has 0 saturated heterocycles. The van der Waals surface area contributed by atoms with E-state index < -0.39 is 0 Å². The van der Waals surface area contributed by atoms with Gasteiger partial charge in [0.05, 0.1) is 17.3 Å². The van der Waals surface area contributed by atoms with E-state index in [0.29, 0.717) is 40.2 Å². The molecule has 2 aromatic heterocycles. The van der Waals surface area contributed by atoms with Crippen molar-refractivity contribution in [2.24, 2.45) is 0 Å². The standard InChI is InChI=1S/C26H32ClN5O2/c1-32(2)25-20-5-3-4-6-22(20)30-26(31-25)29-19-10-8-18(9-11-19)28-14-16-15-34-23-12-7-17(27)13-21(23)24(16)33/h7,12-13,15,18-19,28H,3-6,8-11,14H2,1-2H3,(H,29,30,31). The van der Waals surface area contributed by atoms with E-state index in [0.717, 1.165) is 50.3 Å². The van der Waals surface area contributed by atoms with Gasteiger partial charge in [0, 0.05) is 48.9 Å². The molecule has 1 saturated carbocycles. The fourth-order valence-electron chi connectivity index (χ4n) is 5.15. The first-order chi connectivity index (χ1) is 16.5. The van der Waals surface area contributed by atoms with Crippen LogP contribution in [-0.4, -0.2) is 36.1 Å². The predicted molar refractivity (Wildman–Crippen MR) is 137 cm³/mol. The van der Waals surface area contributed by atoms with E-state index in [1.54, 1.807) is 24.5 Å². The third kappa shape index (κ3) is 4.91. The van der Waals surface area contributed by atoms with Crippen molar-refractivity contribution in [1.82, 2.24) is 15.3 Å². The summed E-state index contributed by atoms with van der Waals surface area (Å²) < 4.78 is 5.64. The van der Waals surface area contributed by atoms with Gasteiger partial charge in [0.1, 0.15) is 11.4 Å². The Labute approximate surface area is 204 Å². The fourth-order valence-corrected chi connectivity index (χ4v) is 5.33. The van der Waals surface area contributed by atoms with Gasteiger partial charge in [-0.05, 0) is 69.6 Å². The maximum absolute atomic E-state index is 12.8. The highest BCUT2D eigenvalue weighted by Gasteiger charge is 2.24. The van der Waals surface area contributed by atoms with Crippen LogP contribution >= 0.6 is 11.6 Å². The largest absolute Gasteiger partial charge is 0.464 e. The smallest absolute Gasteiger partial charge is 0.225 e. The summed E-state index contributed by atoms with van der Waals surface area (Å²) in [5.41, 5.74) is 3.70. The second-order valence-electron chi connectivity index (χ2n) is 9.70. The van der Waals surface area contributed by atoms with Crippen molar-refractivity contribution in [1.29, 1.82) is 0 Å². The zero-order valence-electron chi connectivity index (χ0n) is 19.9. The van der Waals surface area contributed by atoms with Crippen molar-refractivity contribution >= 4 is 34.3 Å². The highest BCUT2D eigenvalue weighted by atomic mass is 35.5. The molecule has 0 spiro atoms. The number of rotatable bonds is 6. The van der Waals surface area contributed by atoms with Crippen LogP contribution in [-0.2, 0) is 19.4 Å². The van der Waals surface area contributed by atoms with Crippen molar-refractivity contribution < 1.29 is 4.42 Å². The van der Waals surface area contributed by atoms with Crippen LogP contribution in [0.4, 0.5) is 11.8 Å². The quantitative estimate of drug-likeness (QED) is 0.528. The summed E-state index contributed by atoms with van der Waals surface area (Å²) in [6.45, 7) is 0.494. The van der Waals surface area contributed by atoms with Crippen LogP contribution in [0.1, 0.15) is 55.3 Å². The van der Waals surface area contributed by atoms with Gasteiger partial charge in [0.15, 0.2) is 5.43 Å². The van der Waals surface area contributed by atoms with Crippen LogP contribution in [0.15, 0.2) is 33.7 Å². The molecule has 0 unspecified atom stereocenters. The lowest BCUT2D eigenvalue weighted by Gasteiger charge is -2.30. The van der Waals surface area contributed by atoms with Crippen LogP contribution < -0.4 is 21.0 Å². The van der Waals surface area contributed by atoms with Gasteiger partial charge in [0.2, 0.25) is 5.95 Å². The Morgan fingerprint density at radius 3 is 2.65 bits per heavy atom. The fraction of sp³-hybridized carbons (Fsp3) is 0.500. The molecule has 5 rings (SSSR count). The van der Waals surface area contributed by atoms with E-state index in [-0.39, 0.29) is 5.43 Å². The predicted octanol–water partition coefficient (Wildman–Crippen LogP) is 4.69. The number of nitrogens with zero attached hydrogens (tertiary/aromatic N) is 3. The number of hydrogen-bond acceptors (Lipinski definition) is 7. The van der Waals surface area contributed by atoms with Crippen molar-refractivity contribution in [3.63, 3.8) is 0 Å². The van der Waals surface area contributed by atoms with Gasteiger partial charge in [-0.15, -0.1) is 0 Å². The summed E-state index contributed by atoms with van der Waals surface area (Å²) in [4.78, 5) is 24.6. The average molecular weight is 482 g/mol. The minimum atomic E-state index is -0.0205. The third-order valence-corrected chi connectivity index (χ3v) is 7.27. The first-order valence-corrected chi connectivity index (χ1v) is 12.6. The number of aromatic nitrogens is 2. The zero-order valence-corrected chi connectivity index (χ0v) is 20.6. The lowest BCUT2D eigenvalue weighted by atomic mass is 9.91. The van der Waals surface area contributed by atoms with Crippen molar-refractivity contribution in [3.05, 3.63) is 56.5 Å². The molecular formula is C26H32ClN5O2. The van der Waals surface area contributed by atoms with Gasteiger partial charge < -0.3 is 20.0 Å². The Morgan fingerprint density at radius 2 is 1.85 bits per heavy atom. The average Bonchev–Trinajstić information content (AvgIpc) is 2.84. The Hall–Kier alpha value is -2.64. The van der Waals surface area contributed by atoms with Gasteiger partial charge in [-0.3, -0.25) is 4.79 Å². The number of anilines is 2. The Kier molecular flexibility index (Phi) is 6.75. The van der Waals surface area contributed by atoms with Gasteiger partial charge in [-0.1, -0.05) is 11.6 Å². The topological polar surface area (TPSA) is 83.3 Å². The van der Waals surface area contributed by atoms with Crippen LogP contribution in [0.5, 0.6) is 0 Å². The Morgan fingerprint density at radius 1 is 1.09 bits per heavy atom. The van der Waals surface area contributed by atoms with E-state index in [1.165, 1.54) is 24.1 Å². The minimum absolute atomic E-state index is 0.0205. The maximum Gasteiger partial charge on any atom is 0.225 e. The van der Waals surface area contributed by atoms with Crippen molar-refractivity contribution in [2.75, 3.05) is 24.3 Å². The highest BCUT2D eigenvalue weighted by Crippen LogP contribution is 2.29. The van der Waals surface area contributed by atoms with E-state index in [4.69, 9.17) is 26.0 Å². The molecule has 7 nitrogen and oxygen atoms in total. The number of aryl methyl sites for hydroxylation is 1. The maximum atomic E-state index is 12.8. The third-order valence-electron chi connectivity index (χ3n) is 7.03. The second kappa shape index (κ2) is 9.92. The molecule has 0 radical (unpaired) electrons. The lowest BCUT2D eigenvalue weighted by molar-refractivity contribution is 0.351. The first-order valence-electron chi connectivity index (χ1n) is 12.2. The highest BCUT2D eigenvalue weighted by molar-refractivity contribution is 6.31. The van der Waals surface area contributed by atoms with Gasteiger partial charge in [-0.2, -0.15) is 4.98 Å². The van der Waals surface area contributed by atoms with Gasteiger partial charge in [-0.25, -0.2) is 4.98 Å². The van der Waals surface area contributed by atoms with E-state index in [1.807, 2.05) is 0 Å². The molecule has 8 heteroatoms. The molecule has 2 aliphatic rings. The second-order valence-corrected chi connectivity index (χ2v) is 10.1. The molecule has 2 aliphatic carbocycles. The molecule has 1 aromatic carbocycles. The molecule has 0 amide bonds. The molecule has 2 N–H and O–H groups in total.